The van der Waals surface area contributed by atoms with Gasteiger partial charge in [-0.25, -0.2) is 4.98 Å². The van der Waals surface area contributed by atoms with Crippen LogP contribution in [-0.4, -0.2) is 26.4 Å². The lowest BCUT2D eigenvalue weighted by atomic mass is 10.1. The molecule has 0 fully saturated rings. The van der Waals surface area contributed by atoms with Crippen LogP contribution in [0.2, 0.25) is 0 Å². The summed E-state index contributed by atoms with van der Waals surface area (Å²) in [7, 11) is 0. The molecule has 1 atom stereocenters. The number of carbonyl (C=O) groups is 2. The largest absolute Gasteiger partial charge is 0.324 e. The molecule has 0 saturated heterocycles. The Balaban J connectivity index is 1.33. The molecule has 1 aliphatic rings. The fourth-order valence-electron chi connectivity index (χ4n) is 3.35. The fourth-order valence-corrected chi connectivity index (χ4v) is 4.28. The summed E-state index contributed by atoms with van der Waals surface area (Å²) < 4.78 is 1.97. The monoisotopic (exact) mass is 414 g/mol. The predicted molar refractivity (Wildman–Crippen MR) is 119 cm³/mol. The molecule has 2 aromatic carbocycles. The lowest BCUT2D eigenvalue weighted by Gasteiger charge is -2.21. The van der Waals surface area contributed by atoms with E-state index in [0.717, 1.165) is 21.8 Å². The summed E-state index contributed by atoms with van der Waals surface area (Å²) in [5.41, 5.74) is 4.59. The molecule has 0 aliphatic carbocycles. The SMILES string of the molecule is C[C@H]1Sc2ccc(C(=O)Nc3ccc(-c4cn5ccccc5n4)cc3)cc2NC1=O. The van der Waals surface area contributed by atoms with Crippen molar-refractivity contribution in [2.45, 2.75) is 17.1 Å². The number of aromatic nitrogens is 2. The van der Waals surface area contributed by atoms with Gasteiger partial charge in [0.15, 0.2) is 0 Å². The summed E-state index contributed by atoms with van der Waals surface area (Å²) >= 11 is 1.49. The number of thioether (sulfide) groups is 1. The second-order valence-corrected chi connectivity index (χ2v) is 8.47. The van der Waals surface area contributed by atoms with E-state index in [-0.39, 0.29) is 17.1 Å². The quantitative estimate of drug-likeness (QED) is 0.510. The lowest BCUT2D eigenvalue weighted by molar-refractivity contribution is -0.115. The van der Waals surface area contributed by atoms with Crippen molar-refractivity contribution in [3.05, 3.63) is 78.6 Å². The molecule has 0 unspecified atom stereocenters. The highest BCUT2D eigenvalue weighted by atomic mass is 32.2. The molecule has 148 valence electrons. The molecule has 5 rings (SSSR count). The van der Waals surface area contributed by atoms with Crippen LogP contribution in [0.25, 0.3) is 16.9 Å². The van der Waals surface area contributed by atoms with Gasteiger partial charge in [0.25, 0.3) is 5.91 Å². The van der Waals surface area contributed by atoms with Crippen LogP contribution in [-0.2, 0) is 4.79 Å². The Hall–Kier alpha value is -3.58. The van der Waals surface area contributed by atoms with Crippen LogP contribution < -0.4 is 10.6 Å². The van der Waals surface area contributed by atoms with Crippen molar-refractivity contribution in [2.24, 2.45) is 0 Å². The number of nitrogens with one attached hydrogen (secondary N) is 2. The van der Waals surface area contributed by atoms with Crippen LogP contribution in [0, 0.1) is 0 Å². The van der Waals surface area contributed by atoms with Gasteiger partial charge < -0.3 is 15.0 Å². The van der Waals surface area contributed by atoms with Gasteiger partial charge in [-0.2, -0.15) is 0 Å². The minimum Gasteiger partial charge on any atom is -0.324 e. The van der Waals surface area contributed by atoms with Crippen LogP contribution in [0.1, 0.15) is 17.3 Å². The summed E-state index contributed by atoms with van der Waals surface area (Å²) in [4.78, 5) is 30.1. The molecule has 1 aliphatic heterocycles. The molecule has 30 heavy (non-hydrogen) atoms. The highest BCUT2D eigenvalue weighted by Gasteiger charge is 2.23. The lowest BCUT2D eigenvalue weighted by Crippen LogP contribution is -2.26. The average molecular weight is 414 g/mol. The third-order valence-electron chi connectivity index (χ3n) is 4.98. The second kappa shape index (κ2) is 7.35. The number of rotatable bonds is 3. The highest BCUT2D eigenvalue weighted by molar-refractivity contribution is 8.00. The Morgan fingerprint density at radius 3 is 2.77 bits per heavy atom. The topological polar surface area (TPSA) is 75.5 Å². The smallest absolute Gasteiger partial charge is 0.255 e. The minimum absolute atomic E-state index is 0.0485. The Morgan fingerprint density at radius 1 is 1.13 bits per heavy atom. The summed E-state index contributed by atoms with van der Waals surface area (Å²) in [6.07, 6.45) is 3.93. The first-order chi connectivity index (χ1) is 14.6. The van der Waals surface area contributed by atoms with Crippen molar-refractivity contribution in [1.29, 1.82) is 0 Å². The molecule has 7 heteroatoms. The van der Waals surface area contributed by atoms with Crippen molar-refractivity contribution in [3.8, 4) is 11.3 Å². The van der Waals surface area contributed by atoms with Gasteiger partial charge in [-0.3, -0.25) is 9.59 Å². The highest BCUT2D eigenvalue weighted by Crippen LogP contribution is 2.36. The Kier molecular flexibility index (Phi) is 4.52. The van der Waals surface area contributed by atoms with E-state index >= 15 is 0 Å². The third-order valence-corrected chi connectivity index (χ3v) is 6.15. The van der Waals surface area contributed by atoms with Crippen LogP contribution >= 0.6 is 11.8 Å². The van der Waals surface area contributed by atoms with E-state index < -0.39 is 0 Å². The summed E-state index contributed by atoms with van der Waals surface area (Å²) in [6, 6.07) is 18.8. The Morgan fingerprint density at radius 2 is 1.97 bits per heavy atom. The zero-order valence-electron chi connectivity index (χ0n) is 16.1. The first kappa shape index (κ1) is 18.4. The maximum absolute atomic E-state index is 12.7. The van der Waals surface area contributed by atoms with Gasteiger partial charge in [0.05, 0.1) is 16.6 Å². The van der Waals surface area contributed by atoms with Crippen LogP contribution in [0.15, 0.2) is 78.0 Å². The standard InChI is InChI=1S/C23H18N4O2S/c1-14-22(28)26-18-12-16(7-10-20(18)30-14)23(29)24-17-8-5-15(6-9-17)19-13-27-11-3-2-4-21(27)25-19/h2-14H,1H3,(H,24,29)(H,26,28)/t14-/m1/s1. The molecule has 2 N–H and O–H groups in total. The van der Waals surface area contributed by atoms with E-state index in [2.05, 4.69) is 15.6 Å². The predicted octanol–water partition coefficient (Wildman–Crippen LogP) is 4.69. The molecule has 6 nitrogen and oxygen atoms in total. The summed E-state index contributed by atoms with van der Waals surface area (Å²) in [5.74, 6) is -0.274. The number of hydrogen-bond donors (Lipinski definition) is 2. The average Bonchev–Trinajstić information content (AvgIpc) is 3.19. The van der Waals surface area contributed by atoms with E-state index in [1.54, 1.807) is 12.1 Å². The number of anilines is 2. The number of nitrogens with zero attached hydrogens (tertiary/aromatic N) is 2. The number of carbonyl (C=O) groups excluding carboxylic acids is 2. The zero-order valence-corrected chi connectivity index (χ0v) is 16.9. The van der Waals surface area contributed by atoms with E-state index in [4.69, 9.17) is 0 Å². The molecule has 2 amide bonds. The molecular formula is C23H18N4O2S. The normalized spacial score (nSPS) is 15.5. The molecule has 4 aromatic rings. The van der Waals surface area contributed by atoms with E-state index in [0.29, 0.717) is 16.9 Å². The van der Waals surface area contributed by atoms with Crippen LogP contribution in [0.4, 0.5) is 11.4 Å². The molecule has 2 aromatic heterocycles. The number of amides is 2. The summed E-state index contributed by atoms with van der Waals surface area (Å²) in [6.45, 7) is 1.86. The fraction of sp³-hybridized carbons (Fsp3) is 0.0870. The second-order valence-electron chi connectivity index (χ2n) is 7.08. The van der Waals surface area contributed by atoms with Crippen molar-refractivity contribution >= 4 is 40.6 Å². The van der Waals surface area contributed by atoms with E-state index in [1.807, 2.05) is 72.2 Å². The van der Waals surface area contributed by atoms with Gasteiger partial charge in [-0.1, -0.05) is 18.2 Å². The molecule has 0 radical (unpaired) electrons. The number of pyridine rings is 1. The van der Waals surface area contributed by atoms with E-state index in [9.17, 15) is 9.59 Å². The maximum atomic E-state index is 12.7. The van der Waals surface area contributed by atoms with Gasteiger partial charge in [-0.05, 0) is 49.4 Å². The first-order valence-corrected chi connectivity index (χ1v) is 10.4. The molecule has 0 bridgehead atoms. The molecule has 3 heterocycles. The Labute approximate surface area is 177 Å². The molecule has 0 saturated carbocycles. The zero-order chi connectivity index (χ0) is 20.7. The van der Waals surface area contributed by atoms with Crippen molar-refractivity contribution in [3.63, 3.8) is 0 Å². The number of fused-ring (bicyclic) bond motifs is 2. The molecule has 0 spiro atoms. The Bertz CT molecular complexity index is 1250. The number of hydrogen-bond acceptors (Lipinski definition) is 4. The van der Waals surface area contributed by atoms with Crippen LogP contribution in [0.3, 0.4) is 0 Å². The van der Waals surface area contributed by atoms with Crippen molar-refractivity contribution in [1.82, 2.24) is 9.38 Å². The summed E-state index contributed by atoms with van der Waals surface area (Å²) in [5, 5.41) is 5.63. The molecular weight excluding hydrogens is 396 g/mol. The first-order valence-electron chi connectivity index (χ1n) is 9.54. The maximum Gasteiger partial charge on any atom is 0.255 e. The van der Waals surface area contributed by atoms with Crippen molar-refractivity contribution < 1.29 is 9.59 Å². The van der Waals surface area contributed by atoms with E-state index in [1.165, 1.54) is 11.8 Å². The van der Waals surface area contributed by atoms with Gasteiger partial charge in [0.1, 0.15) is 5.65 Å². The van der Waals surface area contributed by atoms with Gasteiger partial charge in [0, 0.05) is 34.1 Å². The van der Waals surface area contributed by atoms with Gasteiger partial charge in [0.2, 0.25) is 5.91 Å². The van der Waals surface area contributed by atoms with Crippen molar-refractivity contribution in [2.75, 3.05) is 10.6 Å². The van der Waals surface area contributed by atoms with Gasteiger partial charge >= 0.3 is 0 Å². The third kappa shape index (κ3) is 3.44. The number of imidazole rings is 1. The van der Waals surface area contributed by atoms with Crippen LogP contribution in [0.5, 0.6) is 0 Å². The van der Waals surface area contributed by atoms with Gasteiger partial charge in [-0.15, -0.1) is 11.8 Å². The minimum atomic E-state index is -0.226. The number of benzene rings is 2.